The maximum absolute atomic E-state index is 12.4. The number of hydrogen-bond donors (Lipinski definition) is 0. The Morgan fingerprint density at radius 3 is 2.57 bits per heavy atom. The van der Waals surface area contributed by atoms with E-state index in [9.17, 15) is 9.59 Å². The Balaban J connectivity index is 1.99. The van der Waals surface area contributed by atoms with Crippen LogP contribution in [0.25, 0.3) is 0 Å². The molecule has 0 bridgehead atoms. The summed E-state index contributed by atoms with van der Waals surface area (Å²) < 4.78 is 5.28. The fraction of sp³-hybridized carbons (Fsp3) is 0.500. The molecule has 0 aromatic heterocycles. The maximum atomic E-state index is 12.4. The zero-order valence-electron chi connectivity index (χ0n) is 14.2. The quantitative estimate of drug-likeness (QED) is 0.802. The average Bonchev–Trinajstić information content (AvgIpc) is 2.70. The van der Waals surface area contributed by atoms with E-state index in [-0.39, 0.29) is 24.3 Å². The van der Waals surface area contributed by atoms with Gasteiger partial charge in [-0.3, -0.25) is 14.6 Å². The number of carbonyl (C=O) groups is 2. The minimum absolute atomic E-state index is 0.0219. The summed E-state index contributed by atoms with van der Waals surface area (Å²) in [5.74, 6) is -0.532. The van der Waals surface area contributed by atoms with Crippen LogP contribution in [0.15, 0.2) is 35.3 Å². The van der Waals surface area contributed by atoms with Gasteiger partial charge in [-0.25, -0.2) is 0 Å². The molecule has 124 valence electrons. The molecule has 1 unspecified atom stereocenters. The van der Waals surface area contributed by atoms with Crippen LogP contribution in [0.5, 0.6) is 0 Å². The lowest BCUT2D eigenvalue weighted by molar-refractivity contribution is -0.157. The number of ether oxygens (including phenoxy) is 1. The van der Waals surface area contributed by atoms with E-state index >= 15 is 0 Å². The Kier molecular flexibility index (Phi) is 5.19. The van der Waals surface area contributed by atoms with Crippen LogP contribution >= 0.6 is 0 Å². The van der Waals surface area contributed by atoms with Crippen LogP contribution in [0.2, 0.25) is 0 Å². The lowest BCUT2D eigenvalue weighted by Gasteiger charge is -2.22. The van der Waals surface area contributed by atoms with Gasteiger partial charge in [-0.1, -0.05) is 37.3 Å². The minimum Gasteiger partial charge on any atom is -0.459 e. The number of aliphatic imine (C=N–C) groups is 1. The van der Waals surface area contributed by atoms with E-state index in [0.29, 0.717) is 18.8 Å². The number of hydrogen-bond acceptors (Lipinski definition) is 4. The van der Waals surface area contributed by atoms with Crippen molar-refractivity contribution in [2.24, 2.45) is 10.9 Å². The van der Waals surface area contributed by atoms with Crippen molar-refractivity contribution in [1.29, 1.82) is 0 Å². The Labute approximate surface area is 137 Å². The highest BCUT2D eigenvalue weighted by molar-refractivity contribution is 6.41. The number of carbonyl (C=O) groups excluding carboxylic acids is 2. The Morgan fingerprint density at radius 2 is 1.96 bits per heavy atom. The highest BCUT2D eigenvalue weighted by atomic mass is 16.6. The van der Waals surface area contributed by atoms with E-state index in [2.05, 4.69) is 4.99 Å². The van der Waals surface area contributed by atoms with E-state index in [1.165, 1.54) is 4.90 Å². The van der Waals surface area contributed by atoms with Crippen molar-refractivity contribution in [3.8, 4) is 0 Å². The second kappa shape index (κ2) is 6.94. The molecule has 1 fully saturated rings. The smallest absolute Gasteiger partial charge is 0.326 e. The normalized spacial score (nSPS) is 20.2. The van der Waals surface area contributed by atoms with Crippen molar-refractivity contribution in [3.05, 3.63) is 35.9 Å². The molecule has 1 amide bonds. The molecule has 0 N–H and O–H groups in total. The first kappa shape index (κ1) is 17.2. The summed E-state index contributed by atoms with van der Waals surface area (Å²) >= 11 is 0. The lowest BCUT2D eigenvalue weighted by Crippen LogP contribution is -2.36. The van der Waals surface area contributed by atoms with E-state index in [0.717, 1.165) is 5.56 Å². The van der Waals surface area contributed by atoms with Crippen molar-refractivity contribution < 1.29 is 14.3 Å². The molecule has 1 aliphatic rings. The topological polar surface area (TPSA) is 59.0 Å². The number of benzene rings is 1. The molecule has 1 aliphatic heterocycles. The first-order chi connectivity index (χ1) is 10.8. The summed E-state index contributed by atoms with van der Waals surface area (Å²) in [5.41, 5.74) is 1.05. The zero-order chi connectivity index (χ0) is 17.0. The monoisotopic (exact) mass is 316 g/mol. The Morgan fingerprint density at radius 1 is 1.30 bits per heavy atom. The molecule has 0 spiro atoms. The summed E-state index contributed by atoms with van der Waals surface area (Å²) in [4.78, 5) is 30.3. The molecule has 1 heterocycles. The van der Waals surface area contributed by atoms with Crippen molar-refractivity contribution in [3.63, 3.8) is 0 Å². The van der Waals surface area contributed by atoms with Gasteiger partial charge in [0, 0.05) is 12.5 Å². The van der Waals surface area contributed by atoms with Gasteiger partial charge in [-0.05, 0) is 26.3 Å². The summed E-state index contributed by atoms with van der Waals surface area (Å²) in [6, 6.07) is 9.80. The third kappa shape index (κ3) is 4.91. The number of amides is 1. The van der Waals surface area contributed by atoms with E-state index in [1.807, 2.05) is 58.0 Å². The molecule has 0 saturated carbocycles. The molecule has 23 heavy (non-hydrogen) atoms. The fourth-order valence-corrected chi connectivity index (χ4v) is 2.52. The van der Waals surface area contributed by atoms with Crippen LogP contribution in [0.1, 0.15) is 33.3 Å². The molecular formula is C18H24N2O3. The summed E-state index contributed by atoms with van der Waals surface area (Å²) in [5, 5.41) is 0. The molecule has 1 aromatic carbocycles. The molecule has 1 atom stereocenters. The second-order valence-electron chi connectivity index (χ2n) is 6.86. The first-order valence-corrected chi connectivity index (χ1v) is 7.85. The van der Waals surface area contributed by atoms with Crippen LogP contribution in [-0.4, -0.2) is 41.2 Å². The van der Waals surface area contributed by atoms with Crippen LogP contribution in [0, 0.1) is 5.92 Å². The minimum atomic E-state index is -0.546. The highest BCUT2D eigenvalue weighted by Gasteiger charge is 2.35. The molecule has 2 rings (SSSR count). The average molecular weight is 316 g/mol. The zero-order valence-corrected chi connectivity index (χ0v) is 14.2. The van der Waals surface area contributed by atoms with Crippen LogP contribution in [-0.2, 0) is 20.9 Å². The van der Waals surface area contributed by atoms with Crippen molar-refractivity contribution in [2.45, 2.75) is 39.8 Å². The van der Waals surface area contributed by atoms with E-state index in [1.54, 1.807) is 0 Å². The van der Waals surface area contributed by atoms with E-state index < -0.39 is 5.60 Å². The summed E-state index contributed by atoms with van der Waals surface area (Å²) in [7, 11) is 0. The number of likely N-dealkylation sites (tertiary alicyclic amines) is 1. The third-order valence-electron chi connectivity index (χ3n) is 3.48. The van der Waals surface area contributed by atoms with Gasteiger partial charge in [0.15, 0.2) is 0 Å². The van der Waals surface area contributed by atoms with Crippen LogP contribution < -0.4 is 0 Å². The first-order valence-electron chi connectivity index (χ1n) is 7.85. The molecule has 5 nitrogen and oxygen atoms in total. The Bertz CT molecular complexity index is 602. The standard InChI is InChI=1S/C18H24N2O3/c1-13-11-20(12-15(21)23-18(2,3)4)17(22)16(13)19-10-14-8-6-5-7-9-14/h5-9,13H,10-12H2,1-4H3. The predicted octanol–water partition coefficient (Wildman–Crippen LogP) is 2.45. The molecule has 0 radical (unpaired) electrons. The molecule has 0 aliphatic carbocycles. The molecular weight excluding hydrogens is 292 g/mol. The Hall–Kier alpha value is -2.17. The largest absolute Gasteiger partial charge is 0.459 e. The second-order valence-corrected chi connectivity index (χ2v) is 6.86. The summed E-state index contributed by atoms with van der Waals surface area (Å²) in [6.45, 7) is 8.35. The van der Waals surface area contributed by atoms with Gasteiger partial charge in [-0.2, -0.15) is 0 Å². The van der Waals surface area contributed by atoms with Crippen molar-refractivity contribution in [1.82, 2.24) is 4.90 Å². The van der Waals surface area contributed by atoms with Gasteiger partial charge < -0.3 is 9.64 Å². The number of esters is 1. The predicted molar refractivity (Wildman–Crippen MR) is 89.2 cm³/mol. The summed E-state index contributed by atoms with van der Waals surface area (Å²) in [6.07, 6.45) is 0. The van der Waals surface area contributed by atoms with Gasteiger partial charge in [0.2, 0.25) is 0 Å². The van der Waals surface area contributed by atoms with Gasteiger partial charge in [0.05, 0.1) is 6.54 Å². The fourth-order valence-electron chi connectivity index (χ4n) is 2.52. The van der Waals surface area contributed by atoms with Crippen LogP contribution in [0.4, 0.5) is 0 Å². The molecule has 5 heteroatoms. The molecule has 1 saturated heterocycles. The van der Waals surface area contributed by atoms with Crippen molar-refractivity contribution in [2.75, 3.05) is 13.1 Å². The SMILES string of the molecule is CC1CN(CC(=O)OC(C)(C)C)C(=O)C1=NCc1ccccc1. The van der Waals surface area contributed by atoms with Crippen LogP contribution in [0.3, 0.4) is 0 Å². The van der Waals surface area contributed by atoms with Crippen molar-refractivity contribution >= 4 is 17.6 Å². The van der Waals surface area contributed by atoms with Gasteiger partial charge in [0.25, 0.3) is 5.91 Å². The maximum Gasteiger partial charge on any atom is 0.326 e. The number of rotatable bonds is 4. The molecule has 1 aromatic rings. The van der Waals surface area contributed by atoms with Gasteiger partial charge in [-0.15, -0.1) is 0 Å². The lowest BCUT2D eigenvalue weighted by atomic mass is 10.1. The van der Waals surface area contributed by atoms with E-state index in [4.69, 9.17) is 4.74 Å². The third-order valence-corrected chi connectivity index (χ3v) is 3.48. The highest BCUT2D eigenvalue weighted by Crippen LogP contribution is 2.17. The van der Waals surface area contributed by atoms with Gasteiger partial charge in [0.1, 0.15) is 17.9 Å². The van der Waals surface area contributed by atoms with Gasteiger partial charge >= 0.3 is 5.97 Å². The number of nitrogens with zero attached hydrogens (tertiary/aromatic N) is 2.